The summed E-state index contributed by atoms with van der Waals surface area (Å²) in [5, 5.41) is 5.63. The van der Waals surface area contributed by atoms with Gasteiger partial charge in [0.05, 0.1) is 0 Å². The number of benzene rings is 1. The van der Waals surface area contributed by atoms with Gasteiger partial charge in [0, 0.05) is 22.7 Å². The van der Waals surface area contributed by atoms with Crippen molar-refractivity contribution in [2.45, 2.75) is 25.6 Å². The molecule has 0 aliphatic rings. The third kappa shape index (κ3) is 4.59. The van der Waals surface area contributed by atoms with Crippen molar-refractivity contribution >= 4 is 33.5 Å². The van der Waals surface area contributed by atoms with Gasteiger partial charge in [0.1, 0.15) is 12.2 Å². The van der Waals surface area contributed by atoms with Crippen molar-refractivity contribution < 1.29 is 17.3 Å². The molecule has 0 saturated carbocycles. The molecule has 0 spiro atoms. The molecule has 0 heterocycles. The van der Waals surface area contributed by atoms with Crippen LogP contribution in [-0.2, 0) is 19.2 Å². The zero-order chi connectivity index (χ0) is 14.6. The summed E-state index contributed by atoms with van der Waals surface area (Å²) in [4.78, 5) is 0. The second-order valence-electron chi connectivity index (χ2n) is 3.83. The van der Waals surface area contributed by atoms with E-state index >= 15 is 0 Å². The quantitative estimate of drug-likeness (QED) is 0.871. The van der Waals surface area contributed by atoms with Gasteiger partial charge in [-0.15, -0.1) is 0 Å². The molecule has 1 rings (SSSR count). The molecule has 0 aliphatic carbocycles. The Morgan fingerprint density at radius 2 is 1.84 bits per heavy atom. The first kappa shape index (κ1) is 16.7. The summed E-state index contributed by atoms with van der Waals surface area (Å²) < 4.78 is 32.2. The maximum Gasteiger partial charge on any atom is 0.333 e. The van der Waals surface area contributed by atoms with E-state index in [1.807, 2.05) is 0 Å². The summed E-state index contributed by atoms with van der Waals surface area (Å²) in [6, 6.07) is 4.96. The molecule has 108 valence electrons. The summed E-state index contributed by atoms with van der Waals surface area (Å²) in [5.74, 6) is 0. The first-order valence-electron chi connectivity index (χ1n) is 5.47. The maximum atomic E-state index is 11.1. The van der Waals surface area contributed by atoms with Gasteiger partial charge < -0.3 is 4.74 Å². The second-order valence-corrected chi connectivity index (χ2v) is 5.82. The molecule has 0 aliphatic heterocycles. The number of hydrogen-bond acceptors (Lipinski definition) is 4. The highest BCUT2D eigenvalue weighted by Crippen LogP contribution is 2.36. The highest BCUT2D eigenvalue weighted by Gasteiger charge is 2.29. The Labute approximate surface area is 122 Å². The lowest BCUT2D eigenvalue weighted by Gasteiger charge is -2.25. The molecule has 8 heteroatoms. The molecule has 1 aromatic carbocycles. The molecule has 2 N–H and O–H groups in total. The average molecular weight is 328 g/mol. The Balaban J connectivity index is 3.18. The van der Waals surface area contributed by atoms with E-state index in [4.69, 9.17) is 37.3 Å². The predicted octanol–water partition coefficient (Wildman–Crippen LogP) is 2.68. The molecule has 0 aromatic heterocycles. The van der Waals surface area contributed by atoms with Crippen molar-refractivity contribution in [3.63, 3.8) is 0 Å². The van der Waals surface area contributed by atoms with Gasteiger partial charge in [-0.3, -0.25) is 4.18 Å². The first-order chi connectivity index (χ1) is 8.80. The number of halogens is 2. The Kier molecular flexibility index (Phi) is 6.04. The zero-order valence-corrected chi connectivity index (χ0v) is 12.8. The minimum atomic E-state index is -4.09. The van der Waals surface area contributed by atoms with E-state index in [0.717, 1.165) is 0 Å². The van der Waals surface area contributed by atoms with Crippen molar-refractivity contribution in [1.29, 1.82) is 0 Å². The summed E-state index contributed by atoms with van der Waals surface area (Å²) in [6.07, 6.45) is -1.18. The molecule has 0 bridgehead atoms. The summed E-state index contributed by atoms with van der Waals surface area (Å²) >= 11 is 12.1. The van der Waals surface area contributed by atoms with Crippen LogP contribution in [-0.4, -0.2) is 21.6 Å². The number of nitrogens with two attached hydrogens (primary N) is 1. The fourth-order valence-electron chi connectivity index (χ4n) is 1.74. The predicted molar refractivity (Wildman–Crippen MR) is 74.5 cm³/mol. The topological polar surface area (TPSA) is 78.6 Å². The van der Waals surface area contributed by atoms with Crippen molar-refractivity contribution in [1.82, 2.24) is 0 Å². The van der Waals surface area contributed by atoms with Gasteiger partial charge in [-0.1, -0.05) is 36.2 Å². The Bertz CT molecular complexity index is 515. The largest absolute Gasteiger partial charge is 0.374 e. The average Bonchev–Trinajstić information content (AvgIpc) is 2.30. The van der Waals surface area contributed by atoms with Gasteiger partial charge in [-0.05, 0) is 18.6 Å². The molecule has 0 radical (unpaired) electrons. The van der Waals surface area contributed by atoms with Crippen LogP contribution in [0.2, 0.25) is 10.0 Å². The normalized spacial score (nSPS) is 15.2. The monoisotopic (exact) mass is 327 g/mol. The minimum Gasteiger partial charge on any atom is -0.374 e. The molecular weight excluding hydrogens is 313 g/mol. The number of ether oxygens (including phenoxy) is 1. The van der Waals surface area contributed by atoms with Crippen LogP contribution in [0.3, 0.4) is 0 Å². The summed E-state index contributed by atoms with van der Waals surface area (Å²) in [6.45, 7) is 1.74. The van der Waals surface area contributed by atoms with Crippen LogP contribution in [0.5, 0.6) is 0 Å². The second kappa shape index (κ2) is 6.88. The SMILES string of the molecule is CC[C@@H](OS(N)(=O)=O)[C@H](OC)c1c(Cl)cccc1Cl. The summed E-state index contributed by atoms with van der Waals surface area (Å²) in [5.41, 5.74) is 0.476. The van der Waals surface area contributed by atoms with E-state index in [1.54, 1.807) is 25.1 Å². The standard InChI is InChI=1S/C11H15Cl2NO4S/c1-3-9(18-19(14,15)16)11(17-2)10-7(12)5-4-6-8(10)13/h4-6,9,11H,3H2,1-2H3,(H2,14,15,16)/t9-,11+/m1/s1. The van der Waals surface area contributed by atoms with E-state index in [1.165, 1.54) is 7.11 Å². The molecule has 0 saturated heterocycles. The smallest absolute Gasteiger partial charge is 0.333 e. The van der Waals surface area contributed by atoms with Crippen molar-refractivity contribution in [3.05, 3.63) is 33.8 Å². The molecule has 0 amide bonds. The van der Waals surface area contributed by atoms with E-state index in [2.05, 4.69) is 0 Å². The first-order valence-corrected chi connectivity index (χ1v) is 7.70. The summed E-state index contributed by atoms with van der Waals surface area (Å²) in [7, 11) is -2.67. The molecule has 5 nitrogen and oxygen atoms in total. The third-order valence-corrected chi connectivity index (χ3v) is 3.71. The van der Waals surface area contributed by atoms with Gasteiger partial charge in [-0.2, -0.15) is 8.42 Å². The number of rotatable bonds is 6. The highest BCUT2D eigenvalue weighted by atomic mass is 35.5. The van der Waals surface area contributed by atoms with Crippen LogP contribution in [0, 0.1) is 0 Å². The lowest BCUT2D eigenvalue weighted by atomic mass is 10.0. The Morgan fingerprint density at radius 1 is 1.32 bits per heavy atom. The maximum absolute atomic E-state index is 11.1. The lowest BCUT2D eigenvalue weighted by Crippen LogP contribution is -2.30. The van der Waals surface area contributed by atoms with Gasteiger partial charge in [0.15, 0.2) is 0 Å². The van der Waals surface area contributed by atoms with Gasteiger partial charge in [-0.25, -0.2) is 5.14 Å². The molecule has 1 aromatic rings. The van der Waals surface area contributed by atoms with Gasteiger partial charge in [0.2, 0.25) is 0 Å². The fraction of sp³-hybridized carbons (Fsp3) is 0.455. The van der Waals surface area contributed by atoms with Crippen LogP contribution in [0.15, 0.2) is 18.2 Å². The van der Waals surface area contributed by atoms with Crippen LogP contribution in [0.4, 0.5) is 0 Å². The molecule has 2 atom stereocenters. The molecule has 19 heavy (non-hydrogen) atoms. The molecule has 0 fully saturated rings. The van der Waals surface area contributed by atoms with Crippen molar-refractivity contribution in [2.75, 3.05) is 7.11 Å². The zero-order valence-electron chi connectivity index (χ0n) is 10.5. The van der Waals surface area contributed by atoms with Crippen LogP contribution < -0.4 is 5.14 Å². The minimum absolute atomic E-state index is 0.358. The number of hydrogen-bond donors (Lipinski definition) is 1. The van der Waals surface area contributed by atoms with Crippen LogP contribution >= 0.6 is 23.2 Å². The Hall–Kier alpha value is -0.370. The fourth-order valence-corrected chi connectivity index (χ4v) is 2.94. The Morgan fingerprint density at radius 3 is 2.21 bits per heavy atom. The highest BCUT2D eigenvalue weighted by molar-refractivity contribution is 7.84. The van der Waals surface area contributed by atoms with Crippen LogP contribution in [0.25, 0.3) is 0 Å². The third-order valence-electron chi connectivity index (χ3n) is 2.54. The van der Waals surface area contributed by atoms with Crippen LogP contribution in [0.1, 0.15) is 25.0 Å². The molecule has 0 unspecified atom stereocenters. The van der Waals surface area contributed by atoms with E-state index in [9.17, 15) is 8.42 Å². The van der Waals surface area contributed by atoms with E-state index in [0.29, 0.717) is 22.0 Å². The number of methoxy groups -OCH3 is 1. The van der Waals surface area contributed by atoms with Gasteiger partial charge >= 0.3 is 10.3 Å². The van der Waals surface area contributed by atoms with Crippen molar-refractivity contribution in [3.8, 4) is 0 Å². The van der Waals surface area contributed by atoms with Crippen molar-refractivity contribution in [2.24, 2.45) is 5.14 Å². The lowest BCUT2D eigenvalue weighted by molar-refractivity contribution is 0.00201. The molecular formula is C11H15Cl2NO4S. The van der Waals surface area contributed by atoms with E-state index < -0.39 is 22.5 Å². The van der Waals surface area contributed by atoms with Gasteiger partial charge in [0.25, 0.3) is 0 Å². The van der Waals surface area contributed by atoms with E-state index in [-0.39, 0.29) is 0 Å².